The van der Waals surface area contributed by atoms with Gasteiger partial charge < -0.3 is 20.0 Å². The van der Waals surface area contributed by atoms with Gasteiger partial charge in [-0.3, -0.25) is 4.79 Å². The number of hydrogen-bond acceptors (Lipinski definition) is 4. The molecule has 2 aromatic heterocycles. The van der Waals surface area contributed by atoms with Gasteiger partial charge >= 0.3 is 12.2 Å². The summed E-state index contributed by atoms with van der Waals surface area (Å²) in [5, 5.41) is 12.2. The quantitative estimate of drug-likeness (QED) is 0.406. The van der Waals surface area contributed by atoms with Crippen LogP contribution in [-0.4, -0.2) is 28.6 Å². The van der Waals surface area contributed by atoms with Gasteiger partial charge in [-0.2, -0.15) is 22.6 Å². The first-order valence-corrected chi connectivity index (χ1v) is 12.1. The number of rotatable bonds is 4. The molecular formula is C26H25F4N3O4. The number of halogens is 4. The second-order valence-corrected chi connectivity index (χ2v) is 10.3. The van der Waals surface area contributed by atoms with Gasteiger partial charge in [-0.05, 0) is 80.5 Å². The fraction of sp³-hybridized carbons (Fsp3) is 0.423. The molecule has 4 aliphatic carbocycles. The highest BCUT2D eigenvalue weighted by atomic mass is 19.4. The van der Waals surface area contributed by atoms with Crippen LogP contribution in [0.3, 0.4) is 0 Å². The zero-order valence-electron chi connectivity index (χ0n) is 19.7. The summed E-state index contributed by atoms with van der Waals surface area (Å²) >= 11 is 0. The lowest BCUT2D eigenvalue weighted by molar-refractivity contribution is -0.519. The number of hydrogen-bond donors (Lipinski definition) is 2. The minimum atomic E-state index is -5.19. The van der Waals surface area contributed by atoms with E-state index >= 15 is 0 Å². The maximum absolute atomic E-state index is 13.6. The molecule has 4 fully saturated rings. The Morgan fingerprint density at radius 2 is 1.65 bits per heavy atom. The van der Waals surface area contributed by atoms with E-state index in [9.17, 15) is 22.4 Å². The molecule has 11 heteroatoms. The van der Waals surface area contributed by atoms with Crippen molar-refractivity contribution in [3.8, 4) is 11.8 Å². The Bertz CT molecular complexity index is 1300. The first-order chi connectivity index (χ1) is 17.5. The molecule has 0 spiro atoms. The van der Waals surface area contributed by atoms with E-state index < -0.39 is 12.1 Å². The van der Waals surface area contributed by atoms with Crippen LogP contribution in [0, 0.1) is 23.6 Å². The van der Waals surface area contributed by atoms with E-state index in [4.69, 9.17) is 14.6 Å². The van der Waals surface area contributed by atoms with E-state index in [1.165, 1.54) is 31.4 Å². The normalized spacial score (nSPS) is 25.9. The molecule has 4 saturated carbocycles. The summed E-state index contributed by atoms with van der Waals surface area (Å²) in [6.45, 7) is 0. The van der Waals surface area contributed by atoms with Crippen molar-refractivity contribution in [2.75, 3.05) is 0 Å². The number of fused-ring (bicyclic) bond motifs is 1. The summed E-state index contributed by atoms with van der Waals surface area (Å²) < 4.78 is 52.8. The van der Waals surface area contributed by atoms with E-state index in [1.807, 2.05) is 24.4 Å². The number of benzene rings is 1. The standard InChI is InChI=1S/C24H24FN3O2.C2HF3O2/c25-18-4-3-5-19(11-18)30-23-26-21(20-6-1-2-7-28(20)23)22(29)27-24-12-15-8-16(13-24)10-17(9-15)14-24;3-2(4,5)1(6)7/h1-7,11,15-17H,8-10,12-14H2,(H,27,29);(H,6,7). The predicted octanol–water partition coefficient (Wildman–Crippen LogP) is 3.68. The number of imidazole rings is 1. The highest BCUT2D eigenvalue weighted by molar-refractivity contribution is 5.98. The summed E-state index contributed by atoms with van der Waals surface area (Å²) in [4.78, 5) is 25.3. The Morgan fingerprint density at radius 3 is 2.22 bits per heavy atom. The van der Waals surface area contributed by atoms with Crippen LogP contribution in [-0.2, 0) is 4.79 Å². The molecule has 4 aliphatic rings. The lowest BCUT2D eigenvalue weighted by Gasteiger charge is -2.56. The molecule has 3 aromatic rings. The largest absolute Gasteiger partial charge is 0.542 e. The average Bonchev–Trinajstić information content (AvgIpc) is 3.16. The molecule has 0 unspecified atom stereocenters. The molecule has 7 rings (SSSR count). The number of carboxylic acid groups (broad SMARTS) is 1. The number of aliphatic carboxylic acids is 1. The molecule has 1 aromatic carbocycles. The number of amides is 1. The Morgan fingerprint density at radius 1 is 1.03 bits per heavy atom. The van der Waals surface area contributed by atoms with Crippen molar-refractivity contribution in [2.24, 2.45) is 17.8 Å². The van der Waals surface area contributed by atoms with Crippen molar-refractivity contribution in [1.82, 2.24) is 10.3 Å². The topological polar surface area (TPSA) is 98.4 Å². The number of carbonyl (C=O) groups is 2. The molecule has 1 amide bonds. The monoisotopic (exact) mass is 519 g/mol. The van der Waals surface area contributed by atoms with Crippen LogP contribution in [0.4, 0.5) is 17.6 Å². The van der Waals surface area contributed by atoms with Crippen LogP contribution in [0.25, 0.3) is 5.52 Å². The van der Waals surface area contributed by atoms with Gasteiger partial charge in [0.1, 0.15) is 23.7 Å². The van der Waals surface area contributed by atoms with Gasteiger partial charge in [0.05, 0.1) is 0 Å². The third kappa shape index (κ3) is 5.26. The lowest BCUT2D eigenvalue weighted by atomic mass is 9.53. The molecule has 2 heterocycles. The zero-order chi connectivity index (χ0) is 26.4. The van der Waals surface area contributed by atoms with Gasteiger partial charge in [-0.15, -0.1) is 0 Å². The number of carboxylic acids is 1. The van der Waals surface area contributed by atoms with Gasteiger partial charge in [-0.1, -0.05) is 12.1 Å². The minimum absolute atomic E-state index is 0.0632. The van der Waals surface area contributed by atoms with Crippen LogP contribution in [0.2, 0.25) is 0 Å². The maximum atomic E-state index is 13.6. The molecule has 4 bridgehead atoms. The average molecular weight is 519 g/mol. The van der Waals surface area contributed by atoms with Crippen molar-refractivity contribution in [2.45, 2.75) is 50.2 Å². The van der Waals surface area contributed by atoms with Crippen LogP contribution in [0.5, 0.6) is 11.8 Å². The number of nitrogens with zero attached hydrogens (tertiary/aromatic N) is 1. The molecule has 0 radical (unpaired) electrons. The third-order valence-electron chi connectivity index (χ3n) is 7.45. The van der Waals surface area contributed by atoms with Crippen molar-refractivity contribution in [3.05, 3.63) is 60.2 Å². The maximum Gasteiger partial charge on any atom is 0.465 e. The molecule has 0 saturated heterocycles. The highest BCUT2D eigenvalue weighted by Crippen LogP contribution is 2.55. The fourth-order valence-corrected chi connectivity index (χ4v) is 6.51. The molecule has 196 valence electrons. The Labute approximate surface area is 209 Å². The van der Waals surface area contributed by atoms with Crippen LogP contribution >= 0.6 is 0 Å². The number of aromatic amines is 1. The van der Waals surface area contributed by atoms with Crippen LogP contribution in [0.15, 0.2) is 48.7 Å². The van der Waals surface area contributed by atoms with Gasteiger partial charge in [0.2, 0.25) is 5.69 Å². The Balaban J connectivity index is 0.000000355. The summed E-state index contributed by atoms with van der Waals surface area (Å²) in [6, 6.07) is 12.0. The molecule has 0 aliphatic heterocycles. The highest BCUT2D eigenvalue weighted by Gasteiger charge is 2.52. The minimum Gasteiger partial charge on any atom is -0.542 e. The number of pyridine rings is 1. The molecule has 2 N–H and O–H groups in total. The van der Waals surface area contributed by atoms with Gasteiger partial charge in [0, 0.05) is 11.6 Å². The van der Waals surface area contributed by atoms with Gasteiger partial charge in [0.15, 0.2) is 5.52 Å². The SMILES string of the molecule is O=C(NC12CC3CC(CC(C3)C1)C2)c1[nH]c(Oc2cccc(F)c2)[n+]2ccccc12.O=C([O-])C(F)(F)F. The summed E-state index contributed by atoms with van der Waals surface area (Å²) in [5.41, 5.74) is 1.16. The number of carbonyl (C=O) groups excluding carboxylic acids is 2. The summed E-state index contributed by atoms with van der Waals surface area (Å²) in [7, 11) is 0. The fourth-order valence-electron chi connectivity index (χ4n) is 6.51. The van der Waals surface area contributed by atoms with Crippen molar-refractivity contribution >= 4 is 17.4 Å². The molecule has 37 heavy (non-hydrogen) atoms. The Hall–Kier alpha value is -3.63. The van der Waals surface area contributed by atoms with E-state index in [1.54, 1.807) is 16.5 Å². The summed E-state index contributed by atoms with van der Waals surface area (Å²) in [6.07, 6.45) is 3.95. The third-order valence-corrected chi connectivity index (χ3v) is 7.45. The molecule has 7 nitrogen and oxygen atoms in total. The van der Waals surface area contributed by atoms with Crippen LogP contribution in [0.1, 0.15) is 49.0 Å². The summed E-state index contributed by atoms with van der Waals surface area (Å²) in [5.74, 6) is -0.799. The zero-order valence-corrected chi connectivity index (χ0v) is 19.7. The second-order valence-electron chi connectivity index (χ2n) is 10.3. The van der Waals surface area contributed by atoms with E-state index in [-0.39, 0.29) is 17.3 Å². The Kier molecular flexibility index (Phi) is 6.33. The molecule has 0 atom stereocenters. The predicted molar refractivity (Wildman–Crippen MR) is 120 cm³/mol. The van der Waals surface area contributed by atoms with Gasteiger partial charge in [-0.25, -0.2) is 4.39 Å². The first-order valence-electron chi connectivity index (χ1n) is 12.1. The number of ether oxygens (including phenoxy) is 1. The van der Waals surface area contributed by atoms with E-state index in [0.29, 0.717) is 17.5 Å². The number of aromatic nitrogens is 2. The van der Waals surface area contributed by atoms with Crippen molar-refractivity contribution in [1.29, 1.82) is 0 Å². The number of alkyl halides is 3. The smallest absolute Gasteiger partial charge is 0.465 e. The van der Waals surface area contributed by atoms with Crippen molar-refractivity contribution in [3.63, 3.8) is 0 Å². The number of nitrogens with one attached hydrogen (secondary N) is 2. The van der Waals surface area contributed by atoms with E-state index in [0.717, 1.165) is 42.5 Å². The van der Waals surface area contributed by atoms with Crippen molar-refractivity contribution < 1.29 is 41.4 Å². The second kappa shape index (κ2) is 9.35. The lowest BCUT2D eigenvalue weighted by Crippen LogP contribution is -2.59. The van der Waals surface area contributed by atoms with E-state index in [2.05, 4.69) is 10.3 Å². The first kappa shape index (κ1) is 25.0. The van der Waals surface area contributed by atoms with Crippen LogP contribution < -0.4 is 19.6 Å². The van der Waals surface area contributed by atoms with Gasteiger partial charge in [0.25, 0.3) is 5.91 Å². The number of H-pyrrole nitrogens is 1. The molecular weight excluding hydrogens is 494 g/mol.